The third-order valence-corrected chi connectivity index (χ3v) is 10.2. The van der Waals surface area contributed by atoms with E-state index in [2.05, 4.69) is 11.8 Å². The van der Waals surface area contributed by atoms with Gasteiger partial charge < -0.3 is 18.9 Å². The quantitative estimate of drug-likeness (QED) is 0.179. The Hall–Kier alpha value is -2.89. The summed E-state index contributed by atoms with van der Waals surface area (Å²) >= 11 is 0. The van der Waals surface area contributed by atoms with E-state index in [1.807, 2.05) is 25.1 Å². The van der Waals surface area contributed by atoms with Crippen LogP contribution in [0.15, 0.2) is 36.4 Å². The zero-order valence-electron chi connectivity index (χ0n) is 25.7. The molecule has 2 heterocycles. The van der Waals surface area contributed by atoms with Crippen molar-refractivity contribution in [1.82, 2.24) is 9.21 Å². The van der Waals surface area contributed by atoms with Crippen LogP contribution in [0.2, 0.25) is 0 Å². The van der Waals surface area contributed by atoms with E-state index in [9.17, 15) is 13.2 Å². The molecule has 2 aromatic carbocycles. The first-order valence-electron chi connectivity index (χ1n) is 15.3. The molecule has 43 heavy (non-hydrogen) atoms. The predicted octanol–water partition coefficient (Wildman–Crippen LogP) is 5.50. The van der Waals surface area contributed by atoms with Crippen LogP contribution in [0, 0.1) is 11.7 Å². The van der Waals surface area contributed by atoms with Crippen molar-refractivity contribution in [1.29, 1.82) is 0 Å². The molecule has 0 aliphatic carbocycles. The van der Waals surface area contributed by atoms with E-state index in [-0.39, 0.29) is 43.3 Å². The van der Waals surface area contributed by atoms with Gasteiger partial charge in [-0.1, -0.05) is 45.2 Å². The Morgan fingerprint density at radius 3 is 2.47 bits per heavy atom. The van der Waals surface area contributed by atoms with Gasteiger partial charge in [-0.15, -0.1) is 0 Å². The molecule has 0 N–H and O–H groups in total. The van der Waals surface area contributed by atoms with Crippen molar-refractivity contribution in [2.45, 2.75) is 64.8 Å². The lowest BCUT2D eigenvalue weighted by Gasteiger charge is -2.30. The van der Waals surface area contributed by atoms with E-state index in [0.29, 0.717) is 49.5 Å². The van der Waals surface area contributed by atoms with Crippen LogP contribution in [0.5, 0.6) is 17.2 Å². The summed E-state index contributed by atoms with van der Waals surface area (Å²) in [5.74, 6) is -0.428. The summed E-state index contributed by atoms with van der Waals surface area (Å²) in [6, 6.07) is 9.82. The van der Waals surface area contributed by atoms with Crippen LogP contribution >= 0.6 is 0 Å². The predicted molar refractivity (Wildman–Crippen MR) is 162 cm³/mol. The maximum atomic E-state index is 15.0. The van der Waals surface area contributed by atoms with Crippen LogP contribution in [0.4, 0.5) is 4.39 Å². The SMILES string of the molecule is CCCCCCS(=O)(=O)N(CCC)CCN1C[C@H](c2ccc3c(c2)OCO3)[C@@H](C(=O)OCC)[C@@H]1c1ccc(OC)c(F)c1. The number of rotatable bonds is 16. The molecule has 0 radical (unpaired) electrons. The first-order valence-corrected chi connectivity index (χ1v) is 17.0. The van der Waals surface area contributed by atoms with E-state index in [0.717, 1.165) is 24.8 Å². The fourth-order valence-corrected chi connectivity index (χ4v) is 7.80. The Morgan fingerprint density at radius 2 is 1.77 bits per heavy atom. The van der Waals surface area contributed by atoms with E-state index in [1.165, 1.54) is 13.2 Å². The van der Waals surface area contributed by atoms with Crippen molar-refractivity contribution in [3.8, 4) is 17.2 Å². The number of carbonyl (C=O) groups excluding carboxylic acids is 1. The molecule has 0 saturated carbocycles. The van der Waals surface area contributed by atoms with Crippen molar-refractivity contribution < 1.29 is 36.6 Å². The monoisotopic (exact) mass is 620 g/mol. The third-order valence-electron chi connectivity index (χ3n) is 8.26. The van der Waals surface area contributed by atoms with Gasteiger partial charge in [-0.05, 0) is 55.2 Å². The van der Waals surface area contributed by atoms with Gasteiger partial charge in [-0.25, -0.2) is 17.1 Å². The van der Waals surface area contributed by atoms with Gasteiger partial charge in [0, 0.05) is 38.1 Å². The number of methoxy groups -OCH3 is 1. The van der Waals surface area contributed by atoms with Crippen LogP contribution in [0.25, 0.3) is 0 Å². The zero-order chi connectivity index (χ0) is 31.0. The molecular weight excluding hydrogens is 575 g/mol. The molecule has 238 valence electrons. The second kappa shape index (κ2) is 15.2. The number of carbonyl (C=O) groups is 1. The highest BCUT2D eigenvalue weighted by Crippen LogP contribution is 2.48. The highest BCUT2D eigenvalue weighted by Gasteiger charge is 2.48. The summed E-state index contributed by atoms with van der Waals surface area (Å²) in [5, 5.41) is 0. The number of halogens is 1. The fourth-order valence-electron chi connectivity index (χ4n) is 6.15. The molecule has 0 aromatic heterocycles. The van der Waals surface area contributed by atoms with Crippen LogP contribution in [-0.2, 0) is 19.6 Å². The normalized spacial score (nSPS) is 20.1. The van der Waals surface area contributed by atoms with Gasteiger partial charge >= 0.3 is 5.97 Å². The minimum Gasteiger partial charge on any atom is -0.494 e. The molecule has 0 bridgehead atoms. The highest BCUT2D eigenvalue weighted by atomic mass is 32.2. The molecular formula is C32H45FN2O7S. The lowest BCUT2D eigenvalue weighted by atomic mass is 9.82. The van der Waals surface area contributed by atoms with Gasteiger partial charge in [0.2, 0.25) is 16.8 Å². The third kappa shape index (κ3) is 7.80. The van der Waals surface area contributed by atoms with Crippen molar-refractivity contribution in [2.24, 2.45) is 5.92 Å². The Balaban J connectivity index is 1.68. The number of unbranched alkanes of at least 4 members (excludes halogenated alkanes) is 3. The van der Waals surface area contributed by atoms with E-state index < -0.39 is 27.8 Å². The molecule has 9 nitrogen and oxygen atoms in total. The zero-order valence-corrected chi connectivity index (χ0v) is 26.5. The number of ether oxygens (including phenoxy) is 4. The van der Waals surface area contributed by atoms with Crippen LogP contribution in [0.1, 0.15) is 76.0 Å². The topological polar surface area (TPSA) is 94.6 Å². The Morgan fingerprint density at radius 1 is 1.00 bits per heavy atom. The van der Waals surface area contributed by atoms with Gasteiger partial charge in [-0.2, -0.15) is 0 Å². The Bertz CT molecular complexity index is 1340. The van der Waals surface area contributed by atoms with Gasteiger partial charge in [0.15, 0.2) is 23.1 Å². The van der Waals surface area contributed by atoms with Gasteiger partial charge in [0.1, 0.15) is 0 Å². The fraction of sp³-hybridized carbons (Fsp3) is 0.594. The van der Waals surface area contributed by atoms with Crippen molar-refractivity contribution in [2.75, 3.05) is 52.4 Å². The minimum absolute atomic E-state index is 0.108. The van der Waals surface area contributed by atoms with Gasteiger partial charge in [0.25, 0.3) is 0 Å². The Labute approximate surface area is 255 Å². The van der Waals surface area contributed by atoms with Gasteiger partial charge in [-0.3, -0.25) is 9.69 Å². The van der Waals surface area contributed by atoms with Crippen molar-refractivity contribution >= 4 is 16.0 Å². The minimum atomic E-state index is -3.46. The number of esters is 1. The lowest BCUT2D eigenvalue weighted by Crippen LogP contribution is -2.40. The molecule has 1 fully saturated rings. The largest absolute Gasteiger partial charge is 0.494 e. The highest BCUT2D eigenvalue weighted by molar-refractivity contribution is 7.89. The summed E-state index contributed by atoms with van der Waals surface area (Å²) < 4.78 is 65.2. The number of hydrogen-bond acceptors (Lipinski definition) is 8. The average Bonchev–Trinajstić information content (AvgIpc) is 3.62. The number of nitrogens with zero attached hydrogens (tertiary/aromatic N) is 2. The maximum Gasteiger partial charge on any atom is 0.311 e. The van der Waals surface area contributed by atoms with Crippen molar-refractivity contribution in [3.63, 3.8) is 0 Å². The van der Waals surface area contributed by atoms with E-state index >= 15 is 4.39 Å². The van der Waals surface area contributed by atoms with Gasteiger partial charge in [0.05, 0.1) is 25.4 Å². The molecule has 1 saturated heterocycles. The first kappa shape index (κ1) is 33.0. The molecule has 0 unspecified atom stereocenters. The van der Waals surface area contributed by atoms with Crippen LogP contribution in [0.3, 0.4) is 0 Å². The molecule has 4 rings (SSSR count). The first-order chi connectivity index (χ1) is 20.7. The molecule has 3 atom stereocenters. The second-order valence-electron chi connectivity index (χ2n) is 11.1. The molecule has 0 spiro atoms. The molecule has 11 heteroatoms. The maximum absolute atomic E-state index is 15.0. The average molecular weight is 621 g/mol. The van der Waals surface area contributed by atoms with E-state index in [1.54, 1.807) is 23.4 Å². The number of hydrogen-bond donors (Lipinski definition) is 0. The lowest BCUT2D eigenvalue weighted by molar-refractivity contribution is -0.149. The van der Waals surface area contributed by atoms with Crippen LogP contribution in [-0.4, -0.2) is 76.0 Å². The number of likely N-dealkylation sites (tertiary alicyclic amines) is 1. The summed E-state index contributed by atoms with van der Waals surface area (Å²) in [7, 11) is -2.05. The Kier molecular flexibility index (Phi) is 11.7. The van der Waals surface area contributed by atoms with Crippen molar-refractivity contribution in [3.05, 3.63) is 53.3 Å². The second-order valence-corrected chi connectivity index (χ2v) is 13.2. The van der Waals surface area contributed by atoms with Crippen LogP contribution < -0.4 is 14.2 Å². The molecule has 0 amide bonds. The molecule has 2 aliphatic heterocycles. The number of benzene rings is 2. The summed E-state index contributed by atoms with van der Waals surface area (Å²) in [6.07, 6.45) is 4.24. The molecule has 2 aliphatic rings. The summed E-state index contributed by atoms with van der Waals surface area (Å²) in [5.41, 5.74) is 1.47. The van der Waals surface area contributed by atoms with E-state index in [4.69, 9.17) is 18.9 Å². The number of fused-ring (bicyclic) bond motifs is 1. The standard InChI is InChI=1S/C32H45FN2O7S/c1-5-8-9-10-18-43(37,38)35(15-6-2)17-16-34-21-25(23-11-14-28-29(20-23)42-22-41-28)30(32(36)40-7-3)31(34)24-12-13-27(39-4)26(33)19-24/h11-14,19-20,25,30-31H,5-10,15-18,21-22H2,1-4H3/t25-,30-,31+/m1/s1. The molecule has 2 aromatic rings. The summed E-state index contributed by atoms with van der Waals surface area (Å²) in [6.45, 7) is 7.64. The smallest absolute Gasteiger partial charge is 0.311 e. The number of sulfonamides is 1. The summed E-state index contributed by atoms with van der Waals surface area (Å²) in [4.78, 5) is 15.7.